The minimum atomic E-state index is 0.168. The number of aliphatic hydroxyl groups excluding tert-OH is 1. The Hall–Kier alpha value is -0.580. The summed E-state index contributed by atoms with van der Waals surface area (Å²) in [6.45, 7) is 7.25. The van der Waals surface area contributed by atoms with Crippen molar-refractivity contribution in [2.45, 2.75) is 32.9 Å². The van der Waals surface area contributed by atoms with Crippen LogP contribution < -0.4 is 10.2 Å². The third-order valence-corrected chi connectivity index (χ3v) is 3.66. The zero-order chi connectivity index (χ0) is 13.7. The molecule has 0 aliphatic heterocycles. The average Bonchev–Trinajstić information content (AvgIpc) is 2.35. The predicted octanol–water partition coefficient (Wildman–Crippen LogP) is 2.94. The number of rotatable bonds is 6. The van der Waals surface area contributed by atoms with Crippen molar-refractivity contribution in [1.82, 2.24) is 5.32 Å². The highest BCUT2D eigenvalue weighted by Crippen LogP contribution is 2.30. The molecule has 0 aliphatic carbocycles. The van der Waals surface area contributed by atoms with Gasteiger partial charge >= 0.3 is 0 Å². The lowest BCUT2D eigenvalue weighted by molar-refractivity contribution is 0.299. The minimum Gasteiger partial charge on any atom is -0.395 e. The molecular formula is C14H23BrN2O. The van der Waals surface area contributed by atoms with Crippen LogP contribution in [0.2, 0.25) is 0 Å². The number of nitrogens with one attached hydrogen (secondary N) is 1. The van der Waals surface area contributed by atoms with Gasteiger partial charge in [0.15, 0.2) is 0 Å². The first-order valence-corrected chi connectivity index (χ1v) is 7.14. The van der Waals surface area contributed by atoms with Gasteiger partial charge in [0.1, 0.15) is 0 Å². The van der Waals surface area contributed by atoms with E-state index in [-0.39, 0.29) is 12.6 Å². The van der Waals surface area contributed by atoms with Crippen LogP contribution in [0.1, 0.15) is 32.4 Å². The Morgan fingerprint density at radius 2 is 2.00 bits per heavy atom. The summed E-state index contributed by atoms with van der Waals surface area (Å²) >= 11 is 3.52. The fourth-order valence-corrected chi connectivity index (χ4v) is 2.43. The number of anilines is 1. The van der Waals surface area contributed by atoms with Crippen LogP contribution in [-0.4, -0.2) is 31.3 Å². The number of hydrogen-bond donors (Lipinski definition) is 2. The van der Waals surface area contributed by atoms with Crippen molar-refractivity contribution in [2.24, 2.45) is 0 Å². The van der Waals surface area contributed by atoms with Gasteiger partial charge in [-0.3, -0.25) is 0 Å². The van der Waals surface area contributed by atoms with Gasteiger partial charge in [-0.25, -0.2) is 0 Å². The summed E-state index contributed by atoms with van der Waals surface area (Å²) in [6.07, 6.45) is 0. The van der Waals surface area contributed by atoms with E-state index in [1.165, 1.54) is 11.3 Å². The van der Waals surface area contributed by atoms with Crippen LogP contribution in [0.25, 0.3) is 0 Å². The highest BCUT2D eigenvalue weighted by Gasteiger charge is 2.17. The minimum absolute atomic E-state index is 0.168. The van der Waals surface area contributed by atoms with Crippen molar-refractivity contribution in [3.63, 3.8) is 0 Å². The Morgan fingerprint density at radius 3 is 2.50 bits per heavy atom. The van der Waals surface area contributed by atoms with Crippen LogP contribution in [0, 0.1) is 0 Å². The van der Waals surface area contributed by atoms with Crippen molar-refractivity contribution in [2.75, 3.05) is 25.1 Å². The van der Waals surface area contributed by atoms with E-state index < -0.39 is 0 Å². The van der Waals surface area contributed by atoms with E-state index in [1.54, 1.807) is 0 Å². The number of nitrogens with zero attached hydrogens (tertiary/aromatic N) is 1. The summed E-state index contributed by atoms with van der Waals surface area (Å²) in [6, 6.07) is 6.94. The van der Waals surface area contributed by atoms with Crippen molar-refractivity contribution in [3.8, 4) is 0 Å². The van der Waals surface area contributed by atoms with E-state index in [1.807, 2.05) is 13.1 Å². The zero-order valence-corrected chi connectivity index (χ0v) is 13.2. The largest absolute Gasteiger partial charge is 0.395 e. The van der Waals surface area contributed by atoms with Crippen molar-refractivity contribution in [3.05, 3.63) is 28.2 Å². The smallest absolute Gasteiger partial charge is 0.0606 e. The monoisotopic (exact) mass is 314 g/mol. The molecule has 0 saturated heterocycles. The Labute approximate surface area is 118 Å². The van der Waals surface area contributed by atoms with Gasteiger partial charge < -0.3 is 15.3 Å². The first kappa shape index (κ1) is 15.5. The molecule has 1 rings (SSSR count). The Balaban J connectivity index is 3.19. The van der Waals surface area contributed by atoms with Gasteiger partial charge in [0.2, 0.25) is 0 Å². The lowest BCUT2D eigenvalue weighted by Crippen LogP contribution is -2.34. The molecule has 1 unspecified atom stereocenters. The summed E-state index contributed by atoms with van der Waals surface area (Å²) in [5.41, 5.74) is 2.43. The lowest BCUT2D eigenvalue weighted by Gasteiger charge is -2.32. The molecule has 0 spiro atoms. The van der Waals surface area contributed by atoms with Crippen molar-refractivity contribution in [1.29, 1.82) is 0 Å². The Morgan fingerprint density at radius 1 is 1.33 bits per heavy atom. The van der Waals surface area contributed by atoms with Crippen LogP contribution >= 0.6 is 15.9 Å². The summed E-state index contributed by atoms with van der Waals surface area (Å²) in [5.74, 6) is 0. The molecule has 1 atom stereocenters. The van der Waals surface area contributed by atoms with Gasteiger partial charge in [0.05, 0.1) is 6.61 Å². The molecule has 2 N–H and O–H groups in total. The van der Waals surface area contributed by atoms with E-state index in [4.69, 9.17) is 0 Å². The van der Waals surface area contributed by atoms with Gasteiger partial charge in [-0.1, -0.05) is 15.9 Å². The van der Waals surface area contributed by atoms with Gasteiger partial charge in [0, 0.05) is 28.8 Å². The molecular weight excluding hydrogens is 292 g/mol. The quantitative estimate of drug-likeness (QED) is 0.847. The maximum atomic E-state index is 9.22. The molecule has 0 amide bonds. The number of hydrogen-bond acceptors (Lipinski definition) is 3. The van der Waals surface area contributed by atoms with Gasteiger partial charge in [-0.2, -0.15) is 0 Å². The van der Waals surface area contributed by atoms with Crippen LogP contribution in [0.3, 0.4) is 0 Å². The molecule has 4 heteroatoms. The van der Waals surface area contributed by atoms with Gasteiger partial charge in [0.25, 0.3) is 0 Å². The van der Waals surface area contributed by atoms with Crippen molar-refractivity contribution >= 4 is 21.6 Å². The van der Waals surface area contributed by atoms with E-state index in [2.05, 4.69) is 59.1 Å². The van der Waals surface area contributed by atoms with Gasteiger partial charge in [-0.15, -0.1) is 0 Å². The SMILES string of the molecule is CNC(C)c1cc(Br)ccc1N(CCO)C(C)C. The highest BCUT2D eigenvalue weighted by atomic mass is 79.9. The maximum Gasteiger partial charge on any atom is 0.0606 e. The van der Waals surface area contributed by atoms with E-state index in [0.29, 0.717) is 12.6 Å². The number of halogens is 1. The molecule has 3 nitrogen and oxygen atoms in total. The Kier molecular flexibility index (Phi) is 6.12. The van der Waals surface area contributed by atoms with Crippen LogP contribution in [0.5, 0.6) is 0 Å². The number of benzene rings is 1. The number of aliphatic hydroxyl groups is 1. The van der Waals surface area contributed by atoms with Crippen LogP contribution in [-0.2, 0) is 0 Å². The summed E-state index contributed by atoms with van der Waals surface area (Å²) in [4.78, 5) is 2.23. The Bertz CT molecular complexity index is 382. The molecule has 0 saturated carbocycles. The fourth-order valence-electron chi connectivity index (χ4n) is 2.05. The zero-order valence-electron chi connectivity index (χ0n) is 11.6. The summed E-state index contributed by atoms with van der Waals surface area (Å²) < 4.78 is 1.08. The highest BCUT2D eigenvalue weighted by molar-refractivity contribution is 9.10. The molecule has 102 valence electrons. The van der Waals surface area contributed by atoms with Crippen molar-refractivity contribution < 1.29 is 5.11 Å². The average molecular weight is 315 g/mol. The second-order valence-electron chi connectivity index (χ2n) is 4.72. The normalized spacial score (nSPS) is 12.8. The molecule has 1 aromatic rings. The standard InChI is InChI=1S/C14H23BrN2O/c1-10(2)17(7-8-18)14-6-5-12(15)9-13(14)11(3)16-4/h5-6,9-11,16,18H,7-8H2,1-4H3. The molecule has 0 aromatic heterocycles. The van der Waals surface area contributed by atoms with E-state index in [9.17, 15) is 5.11 Å². The molecule has 18 heavy (non-hydrogen) atoms. The molecule has 0 aliphatic rings. The molecule has 0 fully saturated rings. The first-order valence-electron chi connectivity index (χ1n) is 6.35. The third-order valence-electron chi connectivity index (χ3n) is 3.16. The van der Waals surface area contributed by atoms with Crippen LogP contribution in [0.15, 0.2) is 22.7 Å². The first-order chi connectivity index (χ1) is 8.51. The second kappa shape index (κ2) is 7.12. The fraction of sp³-hybridized carbons (Fsp3) is 0.571. The summed E-state index contributed by atoms with van der Waals surface area (Å²) in [7, 11) is 1.96. The molecule has 0 bridgehead atoms. The third kappa shape index (κ3) is 3.70. The predicted molar refractivity (Wildman–Crippen MR) is 81.2 cm³/mol. The van der Waals surface area contributed by atoms with Gasteiger partial charge in [-0.05, 0) is 51.6 Å². The van der Waals surface area contributed by atoms with Crippen LogP contribution in [0.4, 0.5) is 5.69 Å². The maximum absolute atomic E-state index is 9.22. The van der Waals surface area contributed by atoms with E-state index >= 15 is 0 Å². The lowest BCUT2D eigenvalue weighted by atomic mass is 10.0. The summed E-state index contributed by atoms with van der Waals surface area (Å²) in [5, 5.41) is 12.5. The van der Waals surface area contributed by atoms with E-state index in [0.717, 1.165) is 4.47 Å². The topological polar surface area (TPSA) is 35.5 Å². The molecule has 0 heterocycles. The molecule has 1 aromatic carbocycles. The second-order valence-corrected chi connectivity index (χ2v) is 5.64. The molecule has 0 radical (unpaired) electrons.